The van der Waals surface area contributed by atoms with E-state index in [0.29, 0.717) is 19.8 Å². The van der Waals surface area contributed by atoms with E-state index in [1.165, 1.54) is 6.42 Å². The van der Waals surface area contributed by atoms with Gasteiger partial charge in [0, 0.05) is 7.11 Å². The van der Waals surface area contributed by atoms with E-state index >= 15 is 0 Å². The van der Waals surface area contributed by atoms with Gasteiger partial charge in [-0.15, -0.1) is 0 Å². The zero-order valence-electron chi connectivity index (χ0n) is 9.46. The van der Waals surface area contributed by atoms with Crippen LogP contribution in [0.4, 0.5) is 0 Å². The fraction of sp³-hybridized carbons (Fsp3) is 0.909. The van der Waals surface area contributed by atoms with Gasteiger partial charge in [0.15, 0.2) is 0 Å². The second-order valence-electron chi connectivity index (χ2n) is 4.25. The molecule has 4 nitrogen and oxygen atoms in total. The molecule has 2 N–H and O–H groups in total. The Hall–Kier alpha value is -0.610. The monoisotopic (exact) mass is 215 g/mol. The highest BCUT2D eigenvalue weighted by Gasteiger charge is 2.37. The van der Waals surface area contributed by atoms with Crippen LogP contribution in [0.2, 0.25) is 0 Å². The van der Waals surface area contributed by atoms with E-state index in [1.54, 1.807) is 7.11 Å². The molecule has 0 aromatic heterocycles. The van der Waals surface area contributed by atoms with Crippen molar-refractivity contribution in [1.82, 2.24) is 0 Å². The van der Waals surface area contributed by atoms with E-state index in [1.807, 2.05) is 0 Å². The third-order valence-corrected chi connectivity index (χ3v) is 3.14. The topological polar surface area (TPSA) is 61.6 Å². The fourth-order valence-electron chi connectivity index (χ4n) is 2.10. The lowest BCUT2D eigenvalue weighted by molar-refractivity contribution is -0.134. The quantitative estimate of drug-likeness (QED) is 0.674. The maximum atomic E-state index is 11.5. The van der Waals surface area contributed by atoms with Crippen LogP contribution in [0.1, 0.15) is 32.1 Å². The number of nitrogens with two attached hydrogens (primary N) is 1. The maximum Gasteiger partial charge on any atom is 0.225 e. The van der Waals surface area contributed by atoms with Crippen molar-refractivity contribution < 1.29 is 14.3 Å². The molecule has 0 radical (unpaired) electrons. The highest BCUT2D eigenvalue weighted by atomic mass is 16.5. The van der Waals surface area contributed by atoms with Crippen LogP contribution in [-0.2, 0) is 14.3 Å². The third-order valence-electron chi connectivity index (χ3n) is 3.14. The third kappa shape index (κ3) is 3.47. The SMILES string of the molecule is COCCOCC1(C(N)=O)CCCCC1. The fourth-order valence-corrected chi connectivity index (χ4v) is 2.10. The van der Waals surface area contributed by atoms with Gasteiger partial charge in [-0.3, -0.25) is 4.79 Å². The van der Waals surface area contributed by atoms with E-state index in [-0.39, 0.29) is 5.91 Å². The van der Waals surface area contributed by atoms with Crippen molar-refractivity contribution >= 4 is 5.91 Å². The van der Waals surface area contributed by atoms with Crippen LogP contribution in [0.25, 0.3) is 0 Å². The molecule has 0 aliphatic heterocycles. The summed E-state index contributed by atoms with van der Waals surface area (Å²) in [6.45, 7) is 1.55. The number of carbonyl (C=O) groups excluding carboxylic acids is 1. The Bertz CT molecular complexity index is 200. The molecule has 0 atom stereocenters. The van der Waals surface area contributed by atoms with Gasteiger partial charge in [0.25, 0.3) is 0 Å². The average molecular weight is 215 g/mol. The molecule has 0 aromatic rings. The normalized spacial score (nSPS) is 20.1. The molecule has 0 spiro atoms. The van der Waals surface area contributed by atoms with Gasteiger partial charge in [-0.2, -0.15) is 0 Å². The molecule has 1 fully saturated rings. The minimum atomic E-state index is -0.411. The highest BCUT2D eigenvalue weighted by Crippen LogP contribution is 2.36. The Kier molecular flexibility index (Phi) is 5.05. The Balaban J connectivity index is 2.39. The Morgan fingerprint density at radius 1 is 1.27 bits per heavy atom. The summed E-state index contributed by atoms with van der Waals surface area (Å²) in [4.78, 5) is 11.5. The van der Waals surface area contributed by atoms with Crippen LogP contribution in [-0.4, -0.2) is 32.8 Å². The van der Waals surface area contributed by atoms with Crippen LogP contribution in [0.3, 0.4) is 0 Å². The first kappa shape index (κ1) is 12.5. The summed E-state index contributed by atoms with van der Waals surface area (Å²) in [7, 11) is 1.63. The van der Waals surface area contributed by atoms with Crippen molar-refractivity contribution in [3.63, 3.8) is 0 Å². The standard InChI is InChI=1S/C11H21NO3/c1-14-7-8-15-9-11(10(12)13)5-3-2-4-6-11/h2-9H2,1H3,(H2,12,13). The minimum Gasteiger partial charge on any atom is -0.382 e. The van der Waals surface area contributed by atoms with Crippen molar-refractivity contribution in [3.05, 3.63) is 0 Å². The molecule has 0 unspecified atom stereocenters. The molecule has 0 bridgehead atoms. The summed E-state index contributed by atoms with van der Waals surface area (Å²) in [5.41, 5.74) is 5.06. The summed E-state index contributed by atoms with van der Waals surface area (Å²) in [6, 6.07) is 0. The Labute approximate surface area is 91.1 Å². The second kappa shape index (κ2) is 6.08. The van der Waals surface area contributed by atoms with Crippen molar-refractivity contribution in [2.45, 2.75) is 32.1 Å². The second-order valence-corrected chi connectivity index (χ2v) is 4.25. The molecule has 1 aliphatic carbocycles. The lowest BCUT2D eigenvalue weighted by Gasteiger charge is -2.33. The van der Waals surface area contributed by atoms with Crippen molar-refractivity contribution in [2.75, 3.05) is 26.9 Å². The van der Waals surface area contributed by atoms with Gasteiger partial charge in [-0.1, -0.05) is 19.3 Å². The first-order valence-corrected chi connectivity index (χ1v) is 5.58. The molecule has 0 heterocycles. The smallest absolute Gasteiger partial charge is 0.225 e. The van der Waals surface area contributed by atoms with Gasteiger partial charge in [-0.05, 0) is 12.8 Å². The predicted molar refractivity (Wildman–Crippen MR) is 57.4 cm³/mol. The van der Waals surface area contributed by atoms with Gasteiger partial charge in [0.1, 0.15) is 0 Å². The molecule has 1 rings (SSSR count). The van der Waals surface area contributed by atoms with Gasteiger partial charge in [0.2, 0.25) is 5.91 Å². The predicted octanol–water partition coefficient (Wildman–Crippen LogP) is 1.09. The summed E-state index contributed by atoms with van der Waals surface area (Å²) in [5, 5.41) is 0. The lowest BCUT2D eigenvalue weighted by atomic mass is 9.74. The number of hydrogen-bond acceptors (Lipinski definition) is 3. The van der Waals surface area contributed by atoms with Crippen LogP contribution < -0.4 is 5.73 Å². The summed E-state index contributed by atoms with van der Waals surface area (Å²) < 4.78 is 10.3. The number of carbonyl (C=O) groups is 1. The van der Waals surface area contributed by atoms with Crippen LogP contribution >= 0.6 is 0 Å². The molecular weight excluding hydrogens is 194 g/mol. The molecular formula is C11H21NO3. The largest absolute Gasteiger partial charge is 0.382 e. The number of rotatable bonds is 6. The Morgan fingerprint density at radius 3 is 2.47 bits per heavy atom. The maximum absolute atomic E-state index is 11.5. The highest BCUT2D eigenvalue weighted by molar-refractivity contribution is 5.81. The lowest BCUT2D eigenvalue weighted by Crippen LogP contribution is -2.42. The van der Waals surface area contributed by atoms with Crippen molar-refractivity contribution in [2.24, 2.45) is 11.1 Å². The first-order valence-electron chi connectivity index (χ1n) is 5.58. The number of primary amides is 1. The molecule has 1 aliphatic rings. The average Bonchev–Trinajstić information content (AvgIpc) is 2.26. The van der Waals surface area contributed by atoms with E-state index in [2.05, 4.69) is 0 Å². The Morgan fingerprint density at radius 2 is 1.93 bits per heavy atom. The minimum absolute atomic E-state index is 0.209. The van der Waals surface area contributed by atoms with Gasteiger partial charge in [-0.25, -0.2) is 0 Å². The summed E-state index contributed by atoms with van der Waals surface area (Å²) in [5.74, 6) is -0.209. The van der Waals surface area contributed by atoms with E-state index < -0.39 is 5.41 Å². The molecule has 15 heavy (non-hydrogen) atoms. The molecule has 88 valence electrons. The van der Waals surface area contributed by atoms with E-state index in [0.717, 1.165) is 25.7 Å². The van der Waals surface area contributed by atoms with E-state index in [9.17, 15) is 4.79 Å². The van der Waals surface area contributed by atoms with Gasteiger partial charge >= 0.3 is 0 Å². The summed E-state index contributed by atoms with van der Waals surface area (Å²) >= 11 is 0. The van der Waals surface area contributed by atoms with E-state index in [4.69, 9.17) is 15.2 Å². The van der Waals surface area contributed by atoms with Crippen LogP contribution in [0.15, 0.2) is 0 Å². The van der Waals surface area contributed by atoms with Crippen molar-refractivity contribution in [1.29, 1.82) is 0 Å². The molecule has 0 aromatic carbocycles. The van der Waals surface area contributed by atoms with Crippen molar-refractivity contribution in [3.8, 4) is 0 Å². The van der Waals surface area contributed by atoms with Gasteiger partial charge in [0.05, 0.1) is 25.2 Å². The first-order chi connectivity index (χ1) is 7.21. The molecule has 4 heteroatoms. The zero-order valence-corrected chi connectivity index (χ0v) is 9.46. The van der Waals surface area contributed by atoms with Crippen LogP contribution in [0.5, 0.6) is 0 Å². The summed E-state index contributed by atoms with van der Waals surface area (Å²) in [6.07, 6.45) is 5.10. The number of hydrogen-bond donors (Lipinski definition) is 1. The molecule has 1 saturated carbocycles. The van der Waals surface area contributed by atoms with Gasteiger partial charge < -0.3 is 15.2 Å². The number of amides is 1. The zero-order chi connectivity index (χ0) is 11.1. The molecule has 0 saturated heterocycles. The molecule has 1 amide bonds. The number of methoxy groups -OCH3 is 1. The van der Waals surface area contributed by atoms with Crippen LogP contribution in [0, 0.1) is 5.41 Å². The number of ether oxygens (including phenoxy) is 2.